The van der Waals surface area contributed by atoms with Crippen molar-refractivity contribution in [1.82, 2.24) is 20.4 Å². The molecule has 2 N–H and O–H groups in total. The molecule has 1 heterocycles. The van der Waals surface area contributed by atoms with Gasteiger partial charge in [0.05, 0.1) is 10.6 Å². The van der Waals surface area contributed by atoms with Crippen LogP contribution in [0.15, 0.2) is 29.2 Å². The van der Waals surface area contributed by atoms with E-state index in [0.717, 1.165) is 31.2 Å². The average Bonchev–Trinajstić information content (AvgIpc) is 2.49. The lowest BCUT2D eigenvalue weighted by Crippen LogP contribution is -2.46. The number of anilines is 1. The molecule has 1 amide bonds. The molecule has 0 aliphatic carbocycles. The molecule has 2 rings (SSSR count). The number of carbonyl (C=O) groups is 1. The fraction of sp³-hybridized carbons (Fsp3) is 0.308. The van der Waals surface area contributed by atoms with Gasteiger partial charge >= 0.3 is 0 Å². The second-order valence-corrected chi connectivity index (χ2v) is 7.20. The summed E-state index contributed by atoms with van der Waals surface area (Å²) in [4.78, 5) is 11.8. The summed E-state index contributed by atoms with van der Waals surface area (Å²) >= 11 is 0. The maximum atomic E-state index is 12.9. The lowest BCUT2D eigenvalue weighted by atomic mass is 10.1. The molecule has 0 fully saturated rings. The maximum absolute atomic E-state index is 12.9. The summed E-state index contributed by atoms with van der Waals surface area (Å²) < 4.78 is 37.4. The second kappa shape index (κ2) is 6.53. The summed E-state index contributed by atoms with van der Waals surface area (Å²) in [5, 5.41) is 26.5. The van der Waals surface area contributed by atoms with Crippen molar-refractivity contribution in [2.75, 3.05) is 11.1 Å². The molecule has 24 heavy (non-hydrogen) atoms. The Morgan fingerprint density at radius 3 is 2.29 bits per heavy atom. The Balaban J connectivity index is 2.15. The van der Waals surface area contributed by atoms with Crippen LogP contribution in [0.3, 0.4) is 0 Å². The first-order valence-electron chi connectivity index (χ1n) is 6.66. The number of aryl methyl sites for hydroxylation is 1. The minimum atomic E-state index is -4.03. The summed E-state index contributed by atoms with van der Waals surface area (Å²) in [5.41, 5.74) is -2.28. The van der Waals surface area contributed by atoms with Gasteiger partial charge in [0, 0.05) is 0 Å². The molecule has 0 saturated carbocycles. The van der Waals surface area contributed by atoms with Crippen molar-refractivity contribution >= 4 is 21.7 Å². The van der Waals surface area contributed by atoms with Gasteiger partial charge in [-0.1, -0.05) is 0 Å². The van der Waals surface area contributed by atoms with Crippen LogP contribution in [0.2, 0.25) is 0 Å². The molecule has 128 valence electrons. The number of rotatable bonds is 5. The van der Waals surface area contributed by atoms with E-state index in [4.69, 9.17) is 0 Å². The fourth-order valence-corrected chi connectivity index (χ4v) is 3.31. The van der Waals surface area contributed by atoms with E-state index in [9.17, 15) is 22.7 Å². The Kier molecular flexibility index (Phi) is 4.85. The fourth-order valence-electron chi connectivity index (χ4n) is 1.73. The van der Waals surface area contributed by atoms with E-state index in [1.165, 1.54) is 6.92 Å². The zero-order chi connectivity index (χ0) is 18.0. The van der Waals surface area contributed by atoms with Crippen LogP contribution in [0.4, 0.5) is 10.3 Å². The molecule has 0 bridgehead atoms. The van der Waals surface area contributed by atoms with Crippen LogP contribution in [0.1, 0.15) is 12.7 Å². The third-order valence-electron chi connectivity index (χ3n) is 2.94. The van der Waals surface area contributed by atoms with Crippen LogP contribution in [0.25, 0.3) is 0 Å². The molecule has 1 atom stereocenters. The summed E-state index contributed by atoms with van der Waals surface area (Å²) in [6.07, 6.45) is 0. The molecule has 9 nitrogen and oxygen atoms in total. The summed E-state index contributed by atoms with van der Waals surface area (Å²) in [5.74, 6) is -2.55. The van der Waals surface area contributed by atoms with Gasteiger partial charge < -0.3 is 5.11 Å². The van der Waals surface area contributed by atoms with Crippen LogP contribution >= 0.6 is 0 Å². The second-order valence-electron chi connectivity index (χ2n) is 5.21. The van der Waals surface area contributed by atoms with Crippen molar-refractivity contribution in [3.63, 3.8) is 0 Å². The number of aliphatic hydroxyl groups is 1. The average molecular weight is 355 g/mol. The molecular formula is C13H14FN5O4S. The first-order valence-corrected chi connectivity index (χ1v) is 8.31. The number of sulfone groups is 1. The number of nitrogens with zero attached hydrogens (tertiary/aromatic N) is 4. The highest BCUT2D eigenvalue weighted by Gasteiger charge is 2.37. The first kappa shape index (κ1) is 17.8. The molecule has 0 spiro atoms. The van der Waals surface area contributed by atoms with Gasteiger partial charge in [0.2, 0.25) is 0 Å². The molecule has 0 saturated heterocycles. The molecule has 0 unspecified atom stereocenters. The van der Waals surface area contributed by atoms with Crippen LogP contribution in [0.5, 0.6) is 0 Å². The van der Waals surface area contributed by atoms with Gasteiger partial charge in [-0.15, -0.1) is 20.4 Å². The minimum Gasteiger partial charge on any atom is -0.379 e. The van der Waals surface area contributed by atoms with E-state index < -0.39 is 32.9 Å². The Morgan fingerprint density at radius 1 is 1.21 bits per heavy atom. The Morgan fingerprint density at radius 2 is 1.75 bits per heavy atom. The molecule has 11 heteroatoms. The SMILES string of the molecule is Cc1nnc(NC(=O)[C@@](C)(O)CS(=O)(=O)c2ccc(F)cc2)nn1. The lowest BCUT2D eigenvalue weighted by molar-refractivity contribution is -0.130. The summed E-state index contributed by atoms with van der Waals surface area (Å²) in [7, 11) is -4.03. The van der Waals surface area contributed by atoms with Gasteiger partial charge in [0.1, 0.15) is 5.82 Å². The van der Waals surface area contributed by atoms with Gasteiger partial charge in [-0.2, -0.15) is 0 Å². The van der Waals surface area contributed by atoms with Gasteiger partial charge in [-0.3, -0.25) is 10.1 Å². The van der Waals surface area contributed by atoms with Crippen molar-refractivity contribution in [3.8, 4) is 0 Å². The zero-order valence-electron chi connectivity index (χ0n) is 12.8. The zero-order valence-corrected chi connectivity index (χ0v) is 13.6. The predicted molar refractivity (Wildman–Crippen MR) is 80.1 cm³/mol. The van der Waals surface area contributed by atoms with E-state index in [1.54, 1.807) is 0 Å². The number of benzene rings is 1. The predicted octanol–water partition coefficient (Wildman–Crippen LogP) is -0.122. The van der Waals surface area contributed by atoms with Crippen molar-refractivity contribution in [3.05, 3.63) is 35.9 Å². The van der Waals surface area contributed by atoms with Gasteiger partial charge in [0.15, 0.2) is 21.3 Å². The number of hydrogen-bond donors (Lipinski definition) is 2. The van der Waals surface area contributed by atoms with Crippen molar-refractivity contribution < 1.29 is 22.7 Å². The highest BCUT2D eigenvalue weighted by molar-refractivity contribution is 7.91. The third-order valence-corrected chi connectivity index (χ3v) is 4.87. The highest BCUT2D eigenvalue weighted by Crippen LogP contribution is 2.18. The summed E-state index contributed by atoms with van der Waals surface area (Å²) in [6, 6.07) is 4.05. The van der Waals surface area contributed by atoms with Crippen LogP contribution in [0, 0.1) is 12.7 Å². The van der Waals surface area contributed by atoms with Gasteiger partial charge in [-0.05, 0) is 38.1 Å². The highest BCUT2D eigenvalue weighted by atomic mass is 32.2. The summed E-state index contributed by atoms with van der Waals surface area (Å²) in [6.45, 7) is 2.56. The van der Waals surface area contributed by atoms with Crippen molar-refractivity contribution in [2.24, 2.45) is 0 Å². The molecule has 0 aliphatic heterocycles. The van der Waals surface area contributed by atoms with E-state index in [1.807, 2.05) is 0 Å². The Labute approximate surface area is 136 Å². The Hall–Kier alpha value is -2.53. The number of amides is 1. The maximum Gasteiger partial charge on any atom is 0.268 e. The van der Waals surface area contributed by atoms with Crippen molar-refractivity contribution in [1.29, 1.82) is 0 Å². The first-order chi connectivity index (χ1) is 11.1. The number of carbonyl (C=O) groups excluding carboxylic acids is 1. The van der Waals surface area contributed by atoms with Gasteiger partial charge in [0.25, 0.3) is 11.9 Å². The van der Waals surface area contributed by atoms with Gasteiger partial charge in [-0.25, -0.2) is 12.8 Å². The third kappa shape index (κ3) is 4.26. The van der Waals surface area contributed by atoms with Crippen LogP contribution in [-0.4, -0.2) is 51.2 Å². The minimum absolute atomic E-state index is 0.216. The number of nitrogens with one attached hydrogen (secondary N) is 1. The smallest absolute Gasteiger partial charge is 0.268 e. The van der Waals surface area contributed by atoms with E-state index in [-0.39, 0.29) is 16.7 Å². The molecule has 1 aromatic carbocycles. The standard InChI is InChI=1S/C13H14FN5O4S/c1-8-16-18-12(19-17-8)15-11(20)13(2,21)7-24(22,23)10-5-3-9(14)4-6-10/h3-6,21H,7H2,1-2H3,(H,15,18,19,20)/t13-/m0/s1. The van der Waals surface area contributed by atoms with Crippen molar-refractivity contribution in [2.45, 2.75) is 24.3 Å². The molecule has 2 aromatic rings. The topological polar surface area (TPSA) is 135 Å². The quantitative estimate of drug-likeness (QED) is 0.709. The van der Waals surface area contributed by atoms with Crippen LogP contribution in [-0.2, 0) is 14.6 Å². The van der Waals surface area contributed by atoms with E-state index in [2.05, 4.69) is 25.7 Å². The molecule has 1 aromatic heterocycles. The largest absolute Gasteiger partial charge is 0.379 e. The molecule has 0 aliphatic rings. The number of aromatic nitrogens is 4. The van der Waals surface area contributed by atoms with E-state index in [0.29, 0.717) is 0 Å². The Bertz CT molecular complexity index is 838. The number of hydrogen-bond acceptors (Lipinski definition) is 8. The monoisotopic (exact) mass is 355 g/mol. The molecular weight excluding hydrogens is 341 g/mol. The lowest BCUT2D eigenvalue weighted by Gasteiger charge is -2.21. The normalized spacial score (nSPS) is 14.0. The molecule has 0 radical (unpaired) electrons. The van der Waals surface area contributed by atoms with E-state index >= 15 is 0 Å². The van der Waals surface area contributed by atoms with Crippen LogP contribution < -0.4 is 5.32 Å². The number of halogens is 1.